The number of nitrogens with zero attached hydrogens (tertiary/aromatic N) is 1. The van der Waals surface area contributed by atoms with Crippen molar-refractivity contribution in [3.05, 3.63) is 106 Å². The molecule has 0 amide bonds. The molecule has 4 rings (SSSR count). The first-order valence-electron chi connectivity index (χ1n) is 10.1. The van der Waals surface area contributed by atoms with E-state index in [1.807, 2.05) is 48.5 Å². The molecule has 3 aromatic rings. The third-order valence-electron chi connectivity index (χ3n) is 5.52. The fourth-order valence-corrected chi connectivity index (χ4v) is 3.94. The third kappa shape index (κ3) is 4.14. The van der Waals surface area contributed by atoms with Gasteiger partial charge in [-0.1, -0.05) is 55.1 Å². The molecule has 0 radical (unpaired) electrons. The molecule has 170 valence electrons. The Bertz CT molecular complexity index is 1320. The van der Waals surface area contributed by atoms with Gasteiger partial charge in [-0.3, -0.25) is 10.1 Å². The number of carboxylic acid groups (broad SMARTS) is 1. The highest BCUT2D eigenvalue weighted by atomic mass is 16.7. The van der Waals surface area contributed by atoms with Crippen LogP contribution in [0.5, 0.6) is 0 Å². The van der Waals surface area contributed by atoms with E-state index in [0.29, 0.717) is 0 Å². The first-order valence-corrected chi connectivity index (χ1v) is 10.1. The van der Waals surface area contributed by atoms with Gasteiger partial charge < -0.3 is 14.6 Å². The Morgan fingerprint density at radius 1 is 0.971 bits per heavy atom. The summed E-state index contributed by atoms with van der Waals surface area (Å²) < 4.78 is 9.87. The second kappa shape index (κ2) is 8.99. The largest absolute Gasteiger partial charge is 0.516 e. The summed E-state index contributed by atoms with van der Waals surface area (Å²) in [5, 5.41) is 20.3. The molecule has 0 heterocycles. The van der Waals surface area contributed by atoms with E-state index in [0.717, 1.165) is 40.5 Å². The molecule has 9 nitrogen and oxygen atoms in total. The van der Waals surface area contributed by atoms with Crippen LogP contribution in [0.25, 0.3) is 16.7 Å². The van der Waals surface area contributed by atoms with E-state index in [1.165, 1.54) is 0 Å². The Morgan fingerprint density at radius 2 is 1.56 bits per heavy atom. The number of carbonyl (C=O) groups excluding carboxylic acids is 2. The second-order valence-corrected chi connectivity index (χ2v) is 7.45. The molecule has 0 aliphatic heterocycles. The van der Waals surface area contributed by atoms with Crippen LogP contribution in [0.2, 0.25) is 0 Å². The van der Waals surface area contributed by atoms with Crippen molar-refractivity contribution >= 4 is 29.4 Å². The lowest BCUT2D eigenvalue weighted by Gasteiger charge is -2.14. The van der Waals surface area contributed by atoms with Crippen molar-refractivity contribution in [2.45, 2.75) is 5.92 Å². The molecule has 3 aromatic carbocycles. The number of nitro groups is 1. The number of esters is 1. The fraction of sp³-hybridized carbons (Fsp3) is 0.0800. The molecule has 0 saturated carbocycles. The van der Waals surface area contributed by atoms with Crippen molar-refractivity contribution in [1.29, 1.82) is 0 Å². The van der Waals surface area contributed by atoms with E-state index in [4.69, 9.17) is 9.84 Å². The van der Waals surface area contributed by atoms with Gasteiger partial charge in [-0.2, -0.15) is 0 Å². The van der Waals surface area contributed by atoms with Crippen molar-refractivity contribution in [1.82, 2.24) is 0 Å². The van der Waals surface area contributed by atoms with Gasteiger partial charge in [-0.15, -0.1) is 0 Å². The highest BCUT2D eigenvalue weighted by Gasteiger charge is 2.30. The molecule has 0 fully saturated rings. The number of rotatable bonds is 6. The Labute approximate surface area is 193 Å². The van der Waals surface area contributed by atoms with Crippen LogP contribution >= 0.6 is 0 Å². The molecule has 1 aliphatic carbocycles. The number of hydrogen-bond acceptors (Lipinski definition) is 7. The monoisotopic (exact) mass is 459 g/mol. The van der Waals surface area contributed by atoms with Gasteiger partial charge >= 0.3 is 18.1 Å². The van der Waals surface area contributed by atoms with Crippen LogP contribution in [-0.4, -0.2) is 34.7 Å². The number of hydrogen-bond donors (Lipinski definition) is 1. The number of fused-ring (bicyclic) bond motifs is 3. The Hall–Kier alpha value is -4.79. The normalized spacial score (nSPS) is 11.8. The number of carbonyl (C=O) groups is 3. The summed E-state index contributed by atoms with van der Waals surface area (Å²) in [5.74, 6) is -2.87. The molecule has 0 aromatic heterocycles. The average molecular weight is 459 g/mol. The van der Waals surface area contributed by atoms with E-state index in [2.05, 4.69) is 11.3 Å². The molecule has 1 aliphatic rings. The highest BCUT2D eigenvalue weighted by Crippen LogP contribution is 2.44. The lowest BCUT2D eigenvalue weighted by Crippen LogP contribution is -2.18. The molecule has 0 bridgehead atoms. The summed E-state index contributed by atoms with van der Waals surface area (Å²) in [6.45, 7) is 3.38. The van der Waals surface area contributed by atoms with Crippen LogP contribution in [0.4, 0.5) is 10.5 Å². The molecule has 9 heteroatoms. The standard InChI is InChI=1S/C25H17NO8/c1-14(16-11-10-15(23(27)28)12-22(16)26(31)32)24(29)34-25(30)33-13-21-19-8-4-2-6-17(19)18-7-3-5-9-20(18)21/h2-12,21H,1,13H2,(H,27,28). The zero-order chi connectivity index (χ0) is 24.4. The van der Waals surface area contributed by atoms with Crippen LogP contribution in [0, 0.1) is 10.1 Å². The van der Waals surface area contributed by atoms with Crippen LogP contribution in [0.15, 0.2) is 73.3 Å². The fourth-order valence-electron chi connectivity index (χ4n) is 3.94. The lowest BCUT2D eigenvalue weighted by atomic mass is 9.98. The van der Waals surface area contributed by atoms with Crippen molar-refractivity contribution in [3.63, 3.8) is 0 Å². The van der Waals surface area contributed by atoms with Gasteiger partial charge in [-0.05, 0) is 34.4 Å². The molecular formula is C25H17NO8. The quantitative estimate of drug-likeness (QED) is 0.183. The van der Waals surface area contributed by atoms with E-state index in [1.54, 1.807) is 0 Å². The topological polar surface area (TPSA) is 133 Å². The lowest BCUT2D eigenvalue weighted by molar-refractivity contribution is -0.385. The predicted molar refractivity (Wildman–Crippen MR) is 120 cm³/mol. The van der Waals surface area contributed by atoms with Gasteiger partial charge in [0.2, 0.25) is 0 Å². The zero-order valence-electron chi connectivity index (χ0n) is 17.6. The van der Waals surface area contributed by atoms with Gasteiger partial charge in [-0.25, -0.2) is 14.4 Å². The van der Waals surface area contributed by atoms with E-state index >= 15 is 0 Å². The summed E-state index contributed by atoms with van der Waals surface area (Å²) >= 11 is 0. The van der Waals surface area contributed by atoms with Gasteiger partial charge in [0, 0.05) is 12.0 Å². The van der Waals surface area contributed by atoms with Gasteiger partial charge in [0.25, 0.3) is 5.69 Å². The molecule has 0 saturated heterocycles. The number of nitro benzene ring substituents is 1. The van der Waals surface area contributed by atoms with Crippen molar-refractivity contribution in [3.8, 4) is 11.1 Å². The summed E-state index contributed by atoms with van der Waals surface area (Å²) in [5.41, 5.74) is 2.25. The van der Waals surface area contributed by atoms with E-state index < -0.39 is 34.3 Å². The minimum Gasteiger partial charge on any atom is -0.478 e. The van der Waals surface area contributed by atoms with E-state index in [9.17, 15) is 24.5 Å². The van der Waals surface area contributed by atoms with Crippen molar-refractivity contribution < 1.29 is 33.9 Å². The maximum absolute atomic E-state index is 12.4. The summed E-state index contributed by atoms with van der Waals surface area (Å²) in [6, 6.07) is 18.3. The predicted octanol–water partition coefficient (Wildman–Crippen LogP) is 4.80. The van der Waals surface area contributed by atoms with Crippen molar-refractivity contribution in [2.24, 2.45) is 0 Å². The summed E-state index contributed by atoms with van der Waals surface area (Å²) in [7, 11) is 0. The van der Waals surface area contributed by atoms with Crippen molar-refractivity contribution in [2.75, 3.05) is 6.61 Å². The molecule has 0 unspecified atom stereocenters. The minimum atomic E-state index is -1.37. The van der Waals surface area contributed by atoms with Gasteiger partial charge in [0.15, 0.2) is 0 Å². The summed E-state index contributed by atoms with van der Waals surface area (Å²) in [4.78, 5) is 46.1. The van der Waals surface area contributed by atoms with Gasteiger partial charge in [0.1, 0.15) is 6.61 Å². The first-order chi connectivity index (χ1) is 16.3. The van der Waals surface area contributed by atoms with Crippen LogP contribution in [0.1, 0.15) is 33.0 Å². The number of ether oxygens (including phenoxy) is 2. The third-order valence-corrected chi connectivity index (χ3v) is 5.52. The van der Waals surface area contributed by atoms with Gasteiger partial charge in [0.05, 0.1) is 21.6 Å². The molecule has 0 atom stereocenters. The molecule has 1 N–H and O–H groups in total. The average Bonchev–Trinajstić information content (AvgIpc) is 3.15. The maximum atomic E-state index is 12.4. The van der Waals surface area contributed by atoms with E-state index in [-0.39, 0.29) is 23.7 Å². The summed E-state index contributed by atoms with van der Waals surface area (Å²) in [6.07, 6.45) is -1.28. The molecular weight excluding hydrogens is 442 g/mol. The molecule has 0 spiro atoms. The smallest absolute Gasteiger partial charge is 0.478 e. The second-order valence-electron chi connectivity index (χ2n) is 7.45. The highest BCUT2D eigenvalue weighted by molar-refractivity contribution is 6.19. The number of benzene rings is 3. The number of carboxylic acids is 1. The Kier molecular flexibility index (Phi) is 5.92. The van der Waals surface area contributed by atoms with Crippen LogP contribution in [0.3, 0.4) is 0 Å². The minimum absolute atomic E-state index is 0.0833. The maximum Gasteiger partial charge on any atom is 0.516 e. The zero-order valence-corrected chi connectivity index (χ0v) is 17.6. The SMILES string of the molecule is C=C(C(=O)OC(=O)OCC1c2ccccc2-c2ccccc21)c1ccc(C(=O)O)cc1[N+](=O)[O-]. The molecule has 34 heavy (non-hydrogen) atoms. The Balaban J connectivity index is 1.45. The number of aromatic carboxylic acids is 1. The van der Waals surface area contributed by atoms with Crippen LogP contribution < -0.4 is 0 Å². The first kappa shape index (κ1) is 22.4. The van der Waals surface area contributed by atoms with Crippen LogP contribution in [-0.2, 0) is 14.3 Å². The Morgan fingerprint density at radius 3 is 2.12 bits per heavy atom.